The average molecular weight is 267 g/mol. The average Bonchev–Trinajstić information content (AvgIpc) is 2.23. The Kier molecular flexibility index (Phi) is 4.35. The maximum atomic E-state index is 7.14. The first-order valence-electron chi connectivity index (χ1n) is 4.26. The van der Waals surface area contributed by atoms with E-state index in [1.807, 2.05) is 0 Å². The van der Waals surface area contributed by atoms with Gasteiger partial charge in [-0.15, -0.1) is 0 Å². The molecule has 1 aromatic rings. The first-order chi connectivity index (χ1) is 7.19. The molecule has 78 valence electrons. The number of nitrogens with one attached hydrogen (secondary N) is 1. The van der Waals surface area contributed by atoms with Crippen LogP contribution in [-0.2, 0) is 4.74 Å². The molecular weight excluding hydrogens is 256 g/mol. The third-order valence-corrected chi connectivity index (χ3v) is 2.42. The van der Waals surface area contributed by atoms with Crippen LogP contribution in [0.5, 0.6) is 0 Å². The Morgan fingerprint density at radius 2 is 2.33 bits per heavy atom. The minimum absolute atomic E-state index is 0.388. The van der Waals surface area contributed by atoms with Gasteiger partial charge in [0.15, 0.2) is 0 Å². The van der Waals surface area contributed by atoms with Crippen molar-refractivity contribution < 1.29 is 4.74 Å². The molecule has 0 atom stereocenters. The number of halogens is 1. The maximum Gasteiger partial charge on any atom is 0.107 e. The van der Waals surface area contributed by atoms with Crippen LogP contribution in [0.3, 0.4) is 0 Å². The Labute approximate surface area is 97.3 Å². The summed E-state index contributed by atoms with van der Waals surface area (Å²) in [5.41, 5.74) is 7.77. The van der Waals surface area contributed by atoms with Crippen molar-refractivity contribution in [2.24, 2.45) is 0 Å². The molecule has 1 aromatic carbocycles. The largest absolute Gasteiger partial charge is 0.398 e. The van der Waals surface area contributed by atoms with Gasteiger partial charge in [0.05, 0.1) is 0 Å². The van der Waals surface area contributed by atoms with Gasteiger partial charge >= 0.3 is 0 Å². The summed E-state index contributed by atoms with van der Waals surface area (Å²) in [6.45, 7) is 0.388. The van der Waals surface area contributed by atoms with Crippen molar-refractivity contribution in [3.63, 3.8) is 0 Å². The molecule has 0 spiro atoms. The molecule has 0 saturated carbocycles. The molecule has 0 heterocycles. The van der Waals surface area contributed by atoms with Crippen LogP contribution in [0.25, 0.3) is 0 Å². The number of nitrogen functional groups attached to an aromatic ring is 1. The summed E-state index contributed by atoms with van der Waals surface area (Å²) in [6, 6.07) is 3.52. The summed E-state index contributed by atoms with van der Waals surface area (Å²) in [5, 5.41) is 7.14. The van der Waals surface area contributed by atoms with Gasteiger partial charge in [-0.1, -0.05) is 11.8 Å². The molecule has 0 aliphatic rings. The van der Waals surface area contributed by atoms with Gasteiger partial charge in [0.1, 0.15) is 6.61 Å². The van der Waals surface area contributed by atoms with Crippen LogP contribution in [0.4, 0.5) is 5.69 Å². The second kappa shape index (κ2) is 5.54. The summed E-state index contributed by atoms with van der Waals surface area (Å²) < 4.78 is 5.65. The normalized spacial score (nSPS) is 9.20. The maximum absolute atomic E-state index is 7.14. The Hall–Kier alpha value is -1.31. The molecule has 0 radical (unpaired) electrons. The zero-order valence-corrected chi connectivity index (χ0v) is 9.89. The molecular formula is C11H11BrN2O. The quantitative estimate of drug-likeness (QED) is 0.489. The lowest BCUT2D eigenvalue weighted by Gasteiger charge is -2.02. The fourth-order valence-electron chi connectivity index (χ4n) is 1.03. The fraction of sp³-hybridized carbons (Fsp3) is 0.182. The van der Waals surface area contributed by atoms with Crippen LogP contribution >= 0.6 is 15.9 Å². The van der Waals surface area contributed by atoms with Gasteiger partial charge in [-0.3, -0.25) is 0 Å². The van der Waals surface area contributed by atoms with E-state index >= 15 is 0 Å². The lowest BCUT2D eigenvalue weighted by molar-refractivity contribution is 0.240. The molecule has 0 unspecified atom stereocenters. The number of anilines is 1. The molecule has 0 amide bonds. The highest BCUT2D eigenvalue weighted by Crippen LogP contribution is 2.21. The van der Waals surface area contributed by atoms with Gasteiger partial charge in [0, 0.05) is 34.6 Å². The van der Waals surface area contributed by atoms with Crippen LogP contribution in [0.15, 0.2) is 16.6 Å². The molecule has 0 saturated heterocycles. The van der Waals surface area contributed by atoms with Crippen molar-refractivity contribution in [3.05, 3.63) is 27.7 Å². The zero-order valence-electron chi connectivity index (χ0n) is 8.30. The second-order valence-corrected chi connectivity index (χ2v) is 3.69. The van der Waals surface area contributed by atoms with Crippen LogP contribution in [0.2, 0.25) is 0 Å². The molecule has 4 heteroatoms. The minimum atomic E-state index is 0.388. The highest BCUT2D eigenvalue weighted by atomic mass is 79.9. The number of rotatable bonds is 2. The highest BCUT2D eigenvalue weighted by Gasteiger charge is 2.02. The summed E-state index contributed by atoms with van der Waals surface area (Å²) in [6.07, 6.45) is 1.21. The lowest BCUT2D eigenvalue weighted by atomic mass is 10.1. The topological polar surface area (TPSA) is 59.1 Å². The van der Waals surface area contributed by atoms with E-state index in [1.165, 1.54) is 6.21 Å². The number of ether oxygens (including phenoxy) is 1. The van der Waals surface area contributed by atoms with E-state index in [9.17, 15) is 0 Å². The van der Waals surface area contributed by atoms with Crippen LogP contribution in [0.1, 0.15) is 11.1 Å². The van der Waals surface area contributed by atoms with Crippen LogP contribution < -0.4 is 5.73 Å². The first kappa shape index (κ1) is 11.8. The monoisotopic (exact) mass is 266 g/mol. The van der Waals surface area contributed by atoms with Gasteiger partial charge in [-0.05, 0) is 28.1 Å². The Morgan fingerprint density at radius 1 is 1.60 bits per heavy atom. The summed E-state index contributed by atoms with van der Waals surface area (Å²) in [5.74, 6) is 5.77. The number of hydrogen-bond acceptors (Lipinski definition) is 3. The van der Waals surface area contributed by atoms with Crippen molar-refractivity contribution in [2.45, 2.75) is 0 Å². The standard InChI is InChI=1S/C11H11BrN2O/c1-15-4-2-3-8-6-11(14)9(7-13)5-10(8)12/h5-7,13H,4,14H2,1H3. The molecule has 3 nitrogen and oxygen atoms in total. The third-order valence-electron chi connectivity index (χ3n) is 1.77. The number of benzene rings is 1. The van der Waals surface area contributed by atoms with E-state index in [4.69, 9.17) is 15.9 Å². The summed E-state index contributed by atoms with van der Waals surface area (Å²) >= 11 is 3.37. The molecule has 15 heavy (non-hydrogen) atoms. The van der Waals surface area contributed by atoms with Crippen LogP contribution in [0, 0.1) is 17.3 Å². The van der Waals surface area contributed by atoms with Crippen molar-refractivity contribution in [1.82, 2.24) is 0 Å². The molecule has 0 aliphatic heterocycles. The molecule has 0 aromatic heterocycles. The predicted octanol–water partition coefficient (Wildman–Crippen LogP) is 2.03. The van der Waals surface area contributed by atoms with E-state index in [2.05, 4.69) is 27.8 Å². The Balaban J connectivity index is 3.07. The SMILES string of the molecule is COCC#Cc1cc(N)c(C=N)cc1Br. The summed E-state index contributed by atoms with van der Waals surface area (Å²) in [7, 11) is 1.59. The predicted molar refractivity (Wildman–Crippen MR) is 65.2 cm³/mol. The summed E-state index contributed by atoms with van der Waals surface area (Å²) in [4.78, 5) is 0. The van der Waals surface area contributed by atoms with Gasteiger partial charge in [0.25, 0.3) is 0 Å². The number of hydrogen-bond donors (Lipinski definition) is 2. The van der Waals surface area contributed by atoms with Crippen molar-refractivity contribution in [2.75, 3.05) is 19.5 Å². The fourth-order valence-corrected chi connectivity index (χ4v) is 1.49. The lowest BCUT2D eigenvalue weighted by Crippen LogP contribution is -1.94. The van der Waals surface area contributed by atoms with Crippen LogP contribution in [-0.4, -0.2) is 19.9 Å². The van der Waals surface area contributed by atoms with Gasteiger partial charge in [-0.25, -0.2) is 0 Å². The third kappa shape index (κ3) is 3.08. The van der Waals surface area contributed by atoms with Gasteiger partial charge in [-0.2, -0.15) is 0 Å². The number of methoxy groups -OCH3 is 1. The van der Waals surface area contributed by atoms with E-state index in [-0.39, 0.29) is 0 Å². The van der Waals surface area contributed by atoms with E-state index in [0.717, 1.165) is 10.0 Å². The Bertz CT molecular complexity index is 432. The van der Waals surface area contributed by atoms with Crippen molar-refractivity contribution >= 4 is 27.8 Å². The van der Waals surface area contributed by atoms with Crippen molar-refractivity contribution in [3.8, 4) is 11.8 Å². The molecule has 0 aliphatic carbocycles. The van der Waals surface area contributed by atoms with E-state index in [0.29, 0.717) is 17.9 Å². The minimum Gasteiger partial charge on any atom is -0.398 e. The molecule has 0 fully saturated rings. The molecule has 0 bridgehead atoms. The second-order valence-electron chi connectivity index (χ2n) is 2.84. The number of nitrogens with two attached hydrogens (primary N) is 1. The van der Waals surface area contributed by atoms with Gasteiger partial charge in [0.2, 0.25) is 0 Å². The zero-order chi connectivity index (χ0) is 11.3. The smallest absolute Gasteiger partial charge is 0.107 e. The van der Waals surface area contributed by atoms with E-state index in [1.54, 1.807) is 19.2 Å². The molecule has 3 N–H and O–H groups in total. The Morgan fingerprint density at radius 3 is 2.93 bits per heavy atom. The highest BCUT2D eigenvalue weighted by molar-refractivity contribution is 9.10. The van der Waals surface area contributed by atoms with Crippen molar-refractivity contribution in [1.29, 1.82) is 5.41 Å². The van der Waals surface area contributed by atoms with Gasteiger partial charge < -0.3 is 15.9 Å². The van der Waals surface area contributed by atoms with E-state index < -0.39 is 0 Å². The molecule has 1 rings (SSSR count). The first-order valence-corrected chi connectivity index (χ1v) is 5.05.